The second kappa shape index (κ2) is 8.46. The van der Waals surface area contributed by atoms with Crippen LogP contribution in [0.15, 0.2) is 42.7 Å². The number of aromatic nitrogens is 3. The van der Waals surface area contributed by atoms with E-state index in [9.17, 15) is 0 Å². The molecule has 1 aliphatic rings. The zero-order valence-electron chi connectivity index (χ0n) is 17.0. The van der Waals surface area contributed by atoms with Crippen LogP contribution in [0.2, 0.25) is 0 Å². The van der Waals surface area contributed by atoms with E-state index in [0.29, 0.717) is 36.0 Å². The van der Waals surface area contributed by atoms with Gasteiger partial charge in [0.25, 0.3) is 0 Å². The van der Waals surface area contributed by atoms with Gasteiger partial charge in [0.1, 0.15) is 17.0 Å². The number of anilines is 1. The topological polar surface area (TPSA) is 110 Å². The summed E-state index contributed by atoms with van der Waals surface area (Å²) in [6.45, 7) is 4.14. The summed E-state index contributed by atoms with van der Waals surface area (Å²) in [6.07, 6.45) is 6.06. The SMILES string of the molecule is COc1ncccc1-c1cc(N2CCOC[C@H]2C)nc2c(/C(N)=C/C=N)nccc12. The molecule has 3 aromatic heterocycles. The molecule has 154 valence electrons. The molecular formula is C22H24N6O2. The molecule has 0 amide bonds. The van der Waals surface area contributed by atoms with Crippen LogP contribution in [0.4, 0.5) is 5.82 Å². The molecule has 8 heteroatoms. The van der Waals surface area contributed by atoms with E-state index in [-0.39, 0.29) is 6.04 Å². The van der Waals surface area contributed by atoms with Crippen LogP contribution in [-0.2, 0) is 4.74 Å². The molecule has 1 saturated heterocycles. The van der Waals surface area contributed by atoms with Crippen LogP contribution in [0.3, 0.4) is 0 Å². The number of pyridine rings is 3. The molecule has 1 atom stereocenters. The van der Waals surface area contributed by atoms with E-state index < -0.39 is 0 Å². The van der Waals surface area contributed by atoms with Gasteiger partial charge in [-0.1, -0.05) is 0 Å². The molecule has 3 N–H and O–H groups in total. The highest BCUT2D eigenvalue weighted by molar-refractivity contribution is 6.01. The van der Waals surface area contributed by atoms with Crippen LogP contribution in [-0.4, -0.2) is 54.1 Å². The highest BCUT2D eigenvalue weighted by Gasteiger charge is 2.23. The van der Waals surface area contributed by atoms with Gasteiger partial charge in [0.15, 0.2) is 0 Å². The fraction of sp³-hybridized carbons (Fsp3) is 0.273. The standard InChI is InChI=1S/C22H24N6O2/c1-14-13-30-11-10-28(14)19-12-17(16-4-3-8-26-22(16)29-2)15-6-9-25-21(20(15)27-19)18(24)5-7-23/h3-9,12,14,23H,10-11,13,24H2,1-2H3/b18-5-,23-7?/t14-/m1/s1. The lowest BCUT2D eigenvalue weighted by Crippen LogP contribution is -2.44. The monoisotopic (exact) mass is 404 g/mol. The van der Waals surface area contributed by atoms with Crippen LogP contribution in [0.1, 0.15) is 12.6 Å². The van der Waals surface area contributed by atoms with Gasteiger partial charge >= 0.3 is 0 Å². The van der Waals surface area contributed by atoms with Crippen LogP contribution in [0.5, 0.6) is 5.88 Å². The maximum absolute atomic E-state index is 7.37. The summed E-state index contributed by atoms with van der Waals surface area (Å²) in [4.78, 5) is 16.0. The number of fused-ring (bicyclic) bond motifs is 1. The van der Waals surface area contributed by atoms with Crippen molar-refractivity contribution in [2.75, 3.05) is 31.8 Å². The van der Waals surface area contributed by atoms with E-state index >= 15 is 0 Å². The van der Waals surface area contributed by atoms with Gasteiger partial charge in [-0.3, -0.25) is 4.98 Å². The van der Waals surface area contributed by atoms with Gasteiger partial charge in [0.2, 0.25) is 5.88 Å². The summed E-state index contributed by atoms with van der Waals surface area (Å²) < 4.78 is 11.1. The highest BCUT2D eigenvalue weighted by Crippen LogP contribution is 2.37. The van der Waals surface area contributed by atoms with Crippen molar-refractivity contribution in [1.82, 2.24) is 15.0 Å². The van der Waals surface area contributed by atoms with Gasteiger partial charge in [-0.2, -0.15) is 0 Å². The molecule has 0 bridgehead atoms. The van der Waals surface area contributed by atoms with Gasteiger partial charge in [-0.25, -0.2) is 9.97 Å². The van der Waals surface area contributed by atoms with Crippen molar-refractivity contribution in [3.8, 4) is 17.0 Å². The first-order valence-corrected chi connectivity index (χ1v) is 9.74. The average molecular weight is 404 g/mol. The van der Waals surface area contributed by atoms with E-state index in [1.807, 2.05) is 18.2 Å². The lowest BCUT2D eigenvalue weighted by Gasteiger charge is -2.34. The molecule has 4 rings (SSSR count). The van der Waals surface area contributed by atoms with Crippen molar-refractivity contribution in [1.29, 1.82) is 5.41 Å². The Labute approximate surface area is 174 Å². The number of allylic oxidation sites excluding steroid dienone is 1. The van der Waals surface area contributed by atoms with Gasteiger partial charge in [0.05, 0.1) is 32.1 Å². The van der Waals surface area contributed by atoms with Crippen LogP contribution < -0.4 is 15.4 Å². The number of nitrogens with zero attached hydrogens (tertiary/aromatic N) is 4. The van der Waals surface area contributed by atoms with E-state index in [1.54, 1.807) is 19.5 Å². The molecule has 4 heterocycles. The summed E-state index contributed by atoms with van der Waals surface area (Å²) in [6, 6.07) is 8.01. The number of rotatable bonds is 5. The number of morpholine rings is 1. The van der Waals surface area contributed by atoms with Crippen molar-refractivity contribution in [2.45, 2.75) is 13.0 Å². The smallest absolute Gasteiger partial charge is 0.221 e. The van der Waals surface area contributed by atoms with Crippen molar-refractivity contribution in [2.24, 2.45) is 5.73 Å². The lowest BCUT2D eigenvalue weighted by atomic mass is 10.0. The normalized spacial score (nSPS) is 17.2. The highest BCUT2D eigenvalue weighted by atomic mass is 16.5. The van der Waals surface area contributed by atoms with Gasteiger partial charge < -0.3 is 25.5 Å². The zero-order chi connectivity index (χ0) is 21.1. The predicted octanol–water partition coefficient (Wildman–Crippen LogP) is 2.87. The largest absolute Gasteiger partial charge is 0.481 e. The molecule has 0 unspecified atom stereocenters. The number of nitrogens with two attached hydrogens (primary N) is 1. The molecule has 3 aromatic rings. The maximum atomic E-state index is 7.37. The Bertz CT molecular complexity index is 1110. The first-order chi connectivity index (χ1) is 14.6. The molecular weight excluding hydrogens is 380 g/mol. The minimum Gasteiger partial charge on any atom is -0.481 e. The van der Waals surface area contributed by atoms with E-state index in [2.05, 4.69) is 27.9 Å². The number of methoxy groups -OCH3 is 1. The third-order valence-electron chi connectivity index (χ3n) is 5.17. The van der Waals surface area contributed by atoms with Crippen molar-refractivity contribution < 1.29 is 9.47 Å². The quantitative estimate of drug-likeness (QED) is 0.629. The molecule has 1 aliphatic heterocycles. The molecule has 0 saturated carbocycles. The Balaban J connectivity index is 2.03. The molecule has 0 spiro atoms. The van der Waals surface area contributed by atoms with Crippen LogP contribution >= 0.6 is 0 Å². The van der Waals surface area contributed by atoms with Crippen molar-refractivity contribution in [3.05, 3.63) is 48.4 Å². The summed E-state index contributed by atoms with van der Waals surface area (Å²) in [7, 11) is 1.61. The van der Waals surface area contributed by atoms with Gasteiger partial charge in [0, 0.05) is 41.7 Å². The molecule has 0 aliphatic carbocycles. The summed E-state index contributed by atoms with van der Waals surface area (Å²) >= 11 is 0. The van der Waals surface area contributed by atoms with E-state index in [0.717, 1.165) is 35.1 Å². The Morgan fingerprint density at radius 1 is 1.30 bits per heavy atom. The lowest BCUT2D eigenvalue weighted by molar-refractivity contribution is 0.0986. The molecule has 8 nitrogen and oxygen atoms in total. The zero-order valence-corrected chi connectivity index (χ0v) is 17.0. The Hall–Kier alpha value is -3.52. The number of hydrogen-bond acceptors (Lipinski definition) is 8. The Kier molecular flexibility index (Phi) is 5.58. The van der Waals surface area contributed by atoms with E-state index in [4.69, 9.17) is 25.6 Å². The number of ether oxygens (including phenoxy) is 2. The second-order valence-corrected chi connectivity index (χ2v) is 7.05. The maximum Gasteiger partial charge on any atom is 0.221 e. The van der Waals surface area contributed by atoms with Crippen LogP contribution in [0, 0.1) is 5.41 Å². The summed E-state index contributed by atoms with van der Waals surface area (Å²) in [5.41, 5.74) is 9.61. The molecule has 0 aromatic carbocycles. The molecule has 1 fully saturated rings. The van der Waals surface area contributed by atoms with Crippen molar-refractivity contribution in [3.63, 3.8) is 0 Å². The Morgan fingerprint density at radius 2 is 2.17 bits per heavy atom. The third kappa shape index (κ3) is 3.57. The van der Waals surface area contributed by atoms with E-state index in [1.165, 1.54) is 6.08 Å². The second-order valence-electron chi connectivity index (χ2n) is 7.05. The summed E-state index contributed by atoms with van der Waals surface area (Å²) in [5, 5.41) is 8.26. The fourth-order valence-corrected chi connectivity index (χ4v) is 3.71. The number of hydrogen-bond donors (Lipinski definition) is 2. The third-order valence-corrected chi connectivity index (χ3v) is 5.17. The van der Waals surface area contributed by atoms with Gasteiger partial charge in [-0.15, -0.1) is 0 Å². The minimum atomic E-state index is 0.182. The first kappa shape index (κ1) is 19.8. The minimum absolute atomic E-state index is 0.182. The molecule has 0 radical (unpaired) electrons. The summed E-state index contributed by atoms with van der Waals surface area (Å²) in [5.74, 6) is 1.35. The van der Waals surface area contributed by atoms with Gasteiger partial charge in [-0.05, 0) is 37.3 Å². The predicted molar refractivity (Wildman–Crippen MR) is 118 cm³/mol. The molecule has 30 heavy (non-hydrogen) atoms. The number of nitrogens with one attached hydrogen (secondary N) is 1. The first-order valence-electron chi connectivity index (χ1n) is 9.74. The Morgan fingerprint density at radius 3 is 2.93 bits per heavy atom. The average Bonchev–Trinajstić information content (AvgIpc) is 2.78. The van der Waals surface area contributed by atoms with Crippen LogP contribution in [0.25, 0.3) is 27.7 Å². The fourth-order valence-electron chi connectivity index (χ4n) is 3.71. The van der Waals surface area contributed by atoms with Crippen molar-refractivity contribution >= 4 is 28.6 Å².